The molecule has 0 radical (unpaired) electrons. The molecule has 1 aliphatic carbocycles. The van der Waals surface area contributed by atoms with Crippen molar-refractivity contribution in [3.8, 4) is 5.69 Å². The normalized spacial score (nSPS) is 24.5. The van der Waals surface area contributed by atoms with Crippen LogP contribution in [0.25, 0.3) is 16.6 Å². The molecular weight excluding hydrogens is 342 g/mol. The van der Waals surface area contributed by atoms with E-state index in [0.717, 1.165) is 29.4 Å². The number of rotatable bonds is 2. The Hall–Kier alpha value is -2.80. The van der Waals surface area contributed by atoms with Crippen molar-refractivity contribution in [3.05, 3.63) is 47.9 Å². The van der Waals surface area contributed by atoms with Crippen LogP contribution < -0.4 is 0 Å². The topological polar surface area (TPSA) is 84.1 Å². The fraction of sp³-hybridized carbons (Fsp3) is 0.400. The van der Waals surface area contributed by atoms with Crippen LogP contribution in [-0.4, -0.2) is 55.1 Å². The molecule has 1 aliphatic heterocycles. The molecule has 1 saturated heterocycles. The lowest BCUT2D eigenvalue weighted by molar-refractivity contribution is 0.0746. The van der Waals surface area contributed by atoms with Gasteiger partial charge in [0.25, 0.3) is 5.91 Å². The minimum atomic E-state index is -0.286. The maximum atomic E-state index is 13.0. The highest BCUT2D eigenvalue weighted by Gasteiger charge is 2.44. The molecule has 1 N–H and O–H groups in total. The molecule has 1 aromatic carbocycles. The molecular formula is C20H21N5O2. The number of nitrogens with zero attached hydrogens (tertiary/aromatic N) is 5. The van der Waals surface area contributed by atoms with Crippen molar-refractivity contribution in [1.82, 2.24) is 24.9 Å². The van der Waals surface area contributed by atoms with Gasteiger partial charge in [-0.05, 0) is 37.8 Å². The van der Waals surface area contributed by atoms with Gasteiger partial charge in [0.2, 0.25) is 0 Å². The van der Waals surface area contributed by atoms with Gasteiger partial charge in [0.1, 0.15) is 0 Å². The fourth-order valence-corrected chi connectivity index (χ4v) is 4.57. The van der Waals surface area contributed by atoms with E-state index in [0.29, 0.717) is 30.4 Å². The van der Waals surface area contributed by atoms with Gasteiger partial charge in [0.15, 0.2) is 5.69 Å². The van der Waals surface area contributed by atoms with E-state index in [-0.39, 0.29) is 17.9 Å². The number of aliphatic hydroxyl groups excluding tert-OH is 1. The van der Waals surface area contributed by atoms with Crippen LogP contribution in [-0.2, 0) is 0 Å². The summed E-state index contributed by atoms with van der Waals surface area (Å²) >= 11 is 0. The lowest BCUT2D eigenvalue weighted by Gasteiger charge is -2.17. The van der Waals surface area contributed by atoms with Gasteiger partial charge >= 0.3 is 0 Å². The first-order valence-corrected chi connectivity index (χ1v) is 9.37. The average Bonchev–Trinajstić information content (AvgIpc) is 3.37. The van der Waals surface area contributed by atoms with E-state index >= 15 is 0 Å². The van der Waals surface area contributed by atoms with E-state index in [1.807, 2.05) is 42.2 Å². The van der Waals surface area contributed by atoms with E-state index in [9.17, 15) is 9.90 Å². The Morgan fingerprint density at radius 1 is 1.19 bits per heavy atom. The van der Waals surface area contributed by atoms with Crippen LogP contribution in [0.15, 0.2) is 36.5 Å². The standard InChI is InChI=1S/C20H21N5O2/c1-12-18(20(27)24-10-14-7-8-17(26)15(14)11-24)22-23-25(12)16-6-2-4-13-5-3-9-21-19(13)16/h2-6,9,14-15,17,26H,7-8,10-11H2,1H3. The first-order valence-electron chi connectivity index (χ1n) is 9.37. The Balaban J connectivity index is 1.48. The zero-order chi connectivity index (χ0) is 18.5. The molecule has 27 heavy (non-hydrogen) atoms. The highest BCUT2D eigenvalue weighted by Crippen LogP contribution is 2.38. The van der Waals surface area contributed by atoms with Crippen LogP contribution in [0.5, 0.6) is 0 Å². The van der Waals surface area contributed by atoms with Crippen LogP contribution in [0.1, 0.15) is 29.0 Å². The number of hydrogen-bond donors (Lipinski definition) is 1. The van der Waals surface area contributed by atoms with Gasteiger partial charge in [-0.15, -0.1) is 5.10 Å². The second-order valence-electron chi connectivity index (χ2n) is 7.57. The van der Waals surface area contributed by atoms with E-state index in [2.05, 4.69) is 15.3 Å². The van der Waals surface area contributed by atoms with Crippen molar-refractivity contribution in [2.75, 3.05) is 13.1 Å². The summed E-state index contributed by atoms with van der Waals surface area (Å²) in [6, 6.07) is 9.78. The predicted octanol–water partition coefficient (Wildman–Crippen LogP) is 1.97. The summed E-state index contributed by atoms with van der Waals surface area (Å²) in [5.41, 5.74) is 2.71. The third-order valence-electron chi connectivity index (χ3n) is 6.04. The van der Waals surface area contributed by atoms with Gasteiger partial charge < -0.3 is 10.0 Å². The predicted molar refractivity (Wildman–Crippen MR) is 99.5 cm³/mol. The molecule has 2 fully saturated rings. The number of amides is 1. The molecule has 3 unspecified atom stereocenters. The van der Waals surface area contributed by atoms with Crippen molar-refractivity contribution >= 4 is 16.8 Å². The van der Waals surface area contributed by atoms with Crippen molar-refractivity contribution in [3.63, 3.8) is 0 Å². The number of likely N-dealkylation sites (tertiary alicyclic amines) is 1. The Bertz CT molecular complexity index is 1020. The van der Waals surface area contributed by atoms with E-state index < -0.39 is 0 Å². The molecule has 0 spiro atoms. The number of carbonyl (C=O) groups is 1. The number of para-hydroxylation sites is 1. The number of fused-ring (bicyclic) bond motifs is 2. The molecule has 0 bridgehead atoms. The Labute approximate surface area is 156 Å². The minimum absolute atomic E-state index is 0.103. The summed E-state index contributed by atoms with van der Waals surface area (Å²) in [6.07, 6.45) is 3.30. The fourth-order valence-electron chi connectivity index (χ4n) is 4.57. The van der Waals surface area contributed by atoms with Gasteiger partial charge in [0, 0.05) is 30.6 Å². The van der Waals surface area contributed by atoms with E-state index in [1.54, 1.807) is 10.9 Å². The molecule has 7 nitrogen and oxygen atoms in total. The molecule has 138 valence electrons. The summed E-state index contributed by atoms with van der Waals surface area (Å²) in [4.78, 5) is 19.3. The van der Waals surface area contributed by atoms with Crippen LogP contribution in [0.2, 0.25) is 0 Å². The second kappa shape index (κ2) is 6.13. The zero-order valence-corrected chi connectivity index (χ0v) is 15.1. The first-order chi connectivity index (χ1) is 13.1. The number of carbonyl (C=O) groups excluding carboxylic acids is 1. The molecule has 2 aliphatic rings. The van der Waals surface area contributed by atoms with Crippen molar-refractivity contribution in [2.24, 2.45) is 11.8 Å². The van der Waals surface area contributed by atoms with Crippen molar-refractivity contribution in [2.45, 2.75) is 25.9 Å². The highest BCUT2D eigenvalue weighted by atomic mass is 16.3. The maximum absolute atomic E-state index is 13.0. The van der Waals surface area contributed by atoms with Gasteiger partial charge in [-0.3, -0.25) is 9.78 Å². The smallest absolute Gasteiger partial charge is 0.276 e. The quantitative estimate of drug-likeness (QED) is 0.752. The van der Waals surface area contributed by atoms with Gasteiger partial charge in [-0.1, -0.05) is 23.4 Å². The number of benzene rings is 1. The monoisotopic (exact) mass is 363 g/mol. The lowest BCUT2D eigenvalue weighted by atomic mass is 10.00. The van der Waals surface area contributed by atoms with Crippen LogP contribution in [0.4, 0.5) is 0 Å². The van der Waals surface area contributed by atoms with E-state index in [1.165, 1.54) is 0 Å². The number of hydrogen-bond acceptors (Lipinski definition) is 5. The maximum Gasteiger partial charge on any atom is 0.276 e. The summed E-state index contributed by atoms with van der Waals surface area (Å²) in [7, 11) is 0. The zero-order valence-electron chi connectivity index (χ0n) is 15.1. The summed E-state index contributed by atoms with van der Waals surface area (Å²) in [5, 5.41) is 19.5. The highest BCUT2D eigenvalue weighted by molar-refractivity contribution is 5.94. The van der Waals surface area contributed by atoms with Crippen LogP contribution in [0.3, 0.4) is 0 Å². The Morgan fingerprint density at radius 2 is 2.04 bits per heavy atom. The van der Waals surface area contributed by atoms with E-state index in [4.69, 9.17) is 0 Å². The molecule has 7 heteroatoms. The van der Waals surface area contributed by atoms with Crippen molar-refractivity contribution < 1.29 is 9.90 Å². The van der Waals surface area contributed by atoms with Gasteiger partial charge in [-0.2, -0.15) is 0 Å². The molecule has 2 aromatic heterocycles. The molecule has 1 saturated carbocycles. The number of aromatic nitrogens is 4. The molecule has 3 atom stereocenters. The molecule has 3 aromatic rings. The first kappa shape index (κ1) is 16.4. The van der Waals surface area contributed by atoms with Gasteiger partial charge in [0.05, 0.1) is 23.0 Å². The van der Waals surface area contributed by atoms with Crippen molar-refractivity contribution in [1.29, 1.82) is 0 Å². The van der Waals surface area contributed by atoms with Crippen LogP contribution >= 0.6 is 0 Å². The minimum Gasteiger partial charge on any atom is -0.393 e. The summed E-state index contributed by atoms with van der Waals surface area (Å²) in [6.45, 7) is 3.16. The second-order valence-corrected chi connectivity index (χ2v) is 7.57. The SMILES string of the molecule is Cc1c(C(=O)N2CC3CCC(O)C3C2)nnn1-c1cccc2cccnc12. The third kappa shape index (κ3) is 2.53. The Kier molecular flexibility index (Phi) is 3.72. The Morgan fingerprint density at radius 3 is 2.89 bits per heavy atom. The summed E-state index contributed by atoms with van der Waals surface area (Å²) < 4.78 is 1.69. The van der Waals surface area contributed by atoms with Gasteiger partial charge in [-0.25, -0.2) is 4.68 Å². The molecule has 5 rings (SSSR count). The van der Waals surface area contributed by atoms with Crippen LogP contribution in [0, 0.1) is 18.8 Å². The largest absolute Gasteiger partial charge is 0.393 e. The average molecular weight is 363 g/mol. The number of aliphatic hydroxyl groups is 1. The molecule has 3 heterocycles. The number of pyridine rings is 1. The lowest BCUT2D eigenvalue weighted by Crippen LogP contribution is -2.31. The molecule has 1 amide bonds. The third-order valence-corrected chi connectivity index (χ3v) is 6.04. The summed E-state index contributed by atoms with van der Waals surface area (Å²) in [5.74, 6) is 0.502.